The largest absolute Gasteiger partial charge is 0.396 e. The van der Waals surface area contributed by atoms with Crippen molar-refractivity contribution in [2.45, 2.75) is 18.2 Å². The van der Waals surface area contributed by atoms with Crippen LogP contribution in [0.2, 0.25) is 5.02 Å². The molecule has 5 heteroatoms. The van der Waals surface area contributed by atoms with Crippen LogP contribution in [0.5, 0.6) is 0 Å². The second-order valence-corrected chi connectivity index (χ2v) is 5.52. The Hall–Kier alpha value is -0.420. The Bertz CT molecular complexity index is 360. The molecule has 0 amide bonds. The number of halogens is 1. The summed E-state index contributed by atoms with van der Waals surface area (Å²) in [4.78, 5) is 0. The zero-order valence-corrected chi connectivity index (χ0v) is 10.5. The van der Waals surface area contributed by atoms with Gasteiger partial charge in [0.25, 0.3) is 0 Å². The average Bonchev–Trinajstić information content (AvgIpc) is 2.21. The Morgan fingerprint density at radius 3 is 2.75 bits per heavy atom. The summed E-state index contributed by atoms with van der Waals surface area (Å²) in [5.74, 6) is 0.810. The molecule has 0 aliphatic heterocycles. The fraction of sp³-hybridized carbons (Fsp3) is 0.455. The first-order chi connectivity index (χ1) is 7.63. The zero-order chi connectivity index (χ0) is 12.0. The monoisotopic (exact) mass is 261 g/mol. The number of rotatable bonds is 6. The molecule has 3 N–H and O–H groups in total. The highest BCUT2D eigenvalue weighted by molar-refractivity contribution is 7.84. The van der Waals surface area contributed by atoms with Crippen LogP contribution in [0.1, 0.15) is 12.0 Å². The summed E-state index contributed by atoms with van der Waals surface area (Å²) in [6, 6.07) is 7.13. The van der Waals surface area contributed by atoms with Gasteiger partial charge < -0.3 is 10.8 Å². The third kappa shape index (κ3) is 4.61. The second-order valence-electron chi connectivity index (χ2n) is 3.61. The molecule has 1 aromatic rings. The SMILES string of the molecule is NC(CCO)CS(=O)Cc1ccccc1Cl. The van der Waals surface area contributed by atoms with Crippen molar-refractivity contribution in [2.75, 3.05) is 12.4 Å². The van der Waals surface area contributed by atoms with Crippen LogP contribution in [-0.2, 0) is 16.6 Å². The average molecular weight is 262 g/mol. The highest BCUT2D eigenvalue weighted by Gasteiger charge is 2.09. The van der Waals surface area contributed by atoms with Crippen LogP contribution in [0.25, 0.3) is 0 Å². The normalized spacial score (nSPS) is 14.7. The summed E-state index contributed by atoms with van der Waals surface area (Å²) in [5, 5.41) is 9.31. The smallest absolute Gasteiger partial charge is 0.0501 e. The van der Waals surface area contributed by atoms with Crippen molar-refractivity contribution in [3.63, 3.8) is 0 Å². The van der Waals surface area contributed by atoms with E-state index in [1.165, 1.54) is 0 Å². The lowest BCUT2D eigenvalue weighted by atomic mass is 10.2. The van der Waals surface area contributed by atoms with Gasteiger partial charge in [0, 0.05) is 34.2 Å². The van der Waals surface area contributed by atoms with Crippen molar-refractivity contribution in [3.05, 3.63) is 34.9 Å². The fourth-order valence-electron chi connectivity index (χ4n) is 1.34. The van der Waals surface area contributed by atoms with E-state index in [9.17, 15) is 4.21 Å². The van der Waals surface area contributed by atoms with E-state index < -0.39 is 10.8 Å². The molecule has 0 aromatic heterocycles. The number of aliphatic hydroxyl groups is 1. The standard InChI is InChI=1S/C11H16ClNO2S/c12-11-4-2-1-3-9(11)7-16(15)8-10(13)5-6-14/h1-4,10,14H,5-8,13H2. The van der Waals surface area contributed by atoms with E-state index >= 15 is 0 Å². The Labute approximate surface area is 103 Å². The highest BCUT2D eigenvalue weighted by atomic mass is 35.5. The first kappa shape index (κ1) is 13.6. The molecule has 3 nitrogen and oxygen atoms in total. The zero-order valence-electron chi connectivity index (χ0n) is 8.93. The van der Waals surface area contributed by atoms with Gasteiger partial charge in [-0.3, -0.25) is 4.21 Å². The van der Waals surface area contributed by atoms with E-state index in [1.807, 2.05) is 18.2 Å². The molecule has 0 radical (unpaired) electrons. The van der Waals surface area contributed by atoms with Crippen molar-refractivity contribution in [3.8, 4) is 0 Å². The van der Waals surface area contributed by atoms with Crippen LogP contribution in [0.4, 0.5) is 0 Å². The molecule has 0 fully saturated rings. The highest BCUT2D eigenvalue weighted by Crippen LogP contribution is 2.16. The molecule has 0 saturated heterocycles. The maximum absolute atomic E-state index is 11.7. The summed E-state index contributed by atoms with van der Waals surface area (Å²) < 4.78 is 11.7. The summed E-state index contributed by atoms with van der Waals surface area (Å²) in [6.45, 7) is 0.0322. The van der Waals surface area contributed by atoms with Crippen molar-refractivity contribution >= 4 is 22.4 Å². The Balaban J connectivity index is 2.49. The summed E-state index contributed by atoms with van der Waals surface area (Å²) >= 11 is 5.96. The predicted molar refractivity (Wildman–Crippen MR) is 67.8 cm³/mol. The van der Waals surface area contributed by atoms with E-state index in [2.05, 4.69) is 0 Å². The third-order valence-corrected chi connectivity index (χ3v) is 3.98. The van der Waals surface area contributed by atoms with Crippen LogP contribution in [0.3, 0.4) is 0 Å². The molecule has 1 aromatic carbocycles. The third-order valence-electron chi connectivity index (χ3n) is 2.17. The van der Waals surface area contributed by atoms with Gasteiger partial charge in [0.1, 0.15) is 0 Å². The second kappa shape index (κ2) is 7.01. The van der Waals surface area contributed by atoms with Gasteiger partial charge in [-0.25, -0.2) is 0 Å². The Morgan fingerprint density at radius 2 is 2.12 bits per heavy atom. The summed E-state index contributed by atoms with van der Waals surface area (Å²) in [6.07, 6.45) is 0.480. The van der Waals surface area contributed by atoms with E-state index in [1.54, 1.807) is 6.07 Å². The van der Waals surface area contributed by atoms with Gasteiger partial charge in [0.05, 0.1) is 5.75 Å². The molecule has 0 saturated carbocycles. The summed E-state index contributed by atoms with van der Waals surface area (Å²) in [7, 11) is -1.03. The van der Waals surface area contributed by atoms with Crippen molar-refractivity contribution in [1.82, 2.24) is 0 Å². The van der Waals surface area contributed by atoms with Gasteiger partial charge >= 0.3 is 0 Å². The fourth-order valence-corrected chi connectivity index (χ4v) is 2.98. The van der Waals surface area contributed by atoms with Gasteiger partial charge in [-0.15, -0.1) is 0 Å². The lowest BCUT2D eigenvalue weighted by Gasteiger charge is -2.10. The Kier molecular flexibility index (Phi) is 5.98. The van der Waals surface area contributed by atoms with Crippen LogP contribution >= 0.6 is 11.6 Å². The molecule has 16 heavy (non-hydrogen) atoms. The molecular formula is C11H16ClNO2S. The van der Waals surface area contributed by atoms with Gasteiger partial charge in [-0.2, -0.15) is 0 Å². The maximum atomic E-state index is 11.7. The van der Waals surface area contributed by atoms with Crippen molar-refractivity contribution in [1.29, 1.82) is 0 Å². The lowest BCUT2D eigenvalue weighted by molar-refractivity contribution is 0.279. The number of hydrogen-bond acceptors (Lipinski definition) is 3. The van der Waals surface area contributed by atoms with Crippen LogP contribution in [0, 0.1) is 0 Å². The number of hydrogen-bond donors (Lipinski definition) is 2. The lowest BCUT2D eigenvalue weighted by Crippen LogP contribution is -2.28. The van der Waals surface area contributed by atoms with Crippen molar-refractivity contribution in [2.24, 2.45) is 5.73 Å². The quantitative estimate of drug-likeness (QED) is 0.811. The molecule has 0 aliphatic carbocycles. The van der Waals surface area contributed by atoms with Crippen molar-refractivity contribution < 1.29 is 9.32 Å². The van der Waals surface area contributed by atoms with Gasteiger partial charge in [-0.05, 0) is 18.1 Å². The topological polar surface area (TPSA) is 63.3 Å². The first-order valence-electron chi connectivity index (χ1n) is 5.08. The molecule has 90 valence electrons. The molecular weight excluding hydrogens is 246 g/mol. The van der Waals surface area contributed by atoms with E-state index in [4.69, 9.17) is 22.4 Å². The number of benzene rings is 1. The maximum Gasteiger partial charge on any atom is 0.0501 e. The number of nitrogens with two attached hydrogens (primary N) is 1. The van der Waals surface area contributed by atoms with E-state index in [0.717, 1.165) is 5.56 Å². The van der Waals surface area contributed by atoms with Crippen LogP contribution in [0.15, 0.2) is 24.3 Å². The minimum Gasteiger partial charge on any atom is -0.396 e. The minimum atomic E-state index is -1.03. The molecule has 0 spiro atoms. The molecule has 0 bridgehead atoms. The molecule has 1 rings (SSSR count). The molecule has 2 atom stereocenters. The van der Waals surface area contributed by atoms with Gasteiger partial charge in [-0.1, -0.05) is 29.8 Å². The van der Waals surface area contributed by atoms with Crippen LogP contribution in [-0.4, -0.2) is 27.7 Å². The van der Waals surface area contributed by atoms with E-state index in [-0.39, 0.29) is 12.6 Å². The van der Waals surface area contributed by atoms with Gasteiger partial charge in [0.15, 0.2) is 0 Å². The van der Waals surface area contributed by atoms with Crippen LogP contribution < -0.4 is 5.73 Å². The van der Waals surface area contributed by atoms with E-state index in [0.29, 0.717) is 22.9 Å². The molecule has 0 aliphatic rings. The first-order valence-corrected chi connectivity index (χ1v) is 6.95. The Morgan fingerprint density at radius 1 is 1.44 bits per heavy atom. The predicted octanol–water partition coefficient (Wildman–Crippen LogP) is 1.30. The van der Waals surface area contributed by atoms with Gasteiger partial charge in [0.2, 0.25) is 0 Å². The minimum absolute atomic E-state index is 0.0322. The summed E-state index contributed by atoms with van der Waals surface area (Å²) in [5.41, 5.74) is 6.56. The number of aliphatic hydroxyl groups excluding tert-OH is 1. The molecule has 2 unspecified atom stereocenters. The molecule has 0 heterocycles.